The first-order valence-corrected chi connectivity index (χ1v) is 10.5. The molecule has 19 heavy (non-hydrogen) atoms. The first kappa shape index (κ1) is 16.2. The summed E-state index contributed by atoms with van der Waals surface area (Å²) in [5.74, 6) is -0.122. The van der Waals surface area contributed by atoms with E-state index in [1.54, 1.807) is 0 Å². The number of methoxy groups -OCH3 is 2. The van der Waals surface area contributed by atoms with E-state index >= 15 is 0 Å². The summed E-state index contributed by atoms with van der Waals surface area (Å²) in [6, 6.07) is 1.13. The van der Waals surface area contributed by atoms with Crippen molar-refractivity contribution in [2.75, 3.05) is 14.2 Å². The van der Waals surface area contributed by atoms with Gasteiger partial charge in [0.25, 0.3) is 0 Å². The lowest BCUT2D eigenvalue weighted by atomic mass is 9.85. The van der Waals surface area contributed by atoms with E-state index in [0.29, 0.717) is 24.7 Å². The second-order valence-corrected chi connectivity index (χ2v) is 12.5. The van der Waals surface area contributed by atoms with Crippen LogP contribution in [0.1, 0.15) is 19.8 Å². The molecule has 1 fully saturated rings. The highest BCUT2D eigenvalue weighted by Crippen LogP contribution is 2.49. The van der Waals surface area contributed by atoms with Gasteiger partial charge in [0.05, 0.1) is 14.2 Å². The number of carbonyl (C=O) groups is 2. The van der Waals surface area contributed by atoms with Gasteiger partial charge in [-0.25, -0.2) is 0 Å². The van der Waals surface area contributed by atoms with Gasteiger partial charge in [-0.2, -0.15) is 0 Å². The van der Waals surface area contributed by atoms with Crippen LogP contribution in [0, 0.1) is 17.3 Å². The minimum atomic E-state index is -1.22. The van der Waals surface area contributed by atoms with Crippen molar-refractivity contribution in [3.05, 3.63) is 0 Å². The van der Waals surface area contributed by atoms with E-state index in [1.807, 2.05) is 0 Å². The summed E-state index contributed by atoms with van der Waals surface area (Å²) < 4.78 is 9.72. The normalized spacial score (nSPS) is 26.0. The molecule has 0 bridgehead atoms. The smallest absolute Gasteiger partial charge is 0.323 e. The molecule has 1 aliphatic carbocycles. The van der Waals surface area contributed by atoms with Crippen molar-refractivity contribution < 1.29 is 19.1 Å². The molecule has 0 N–H and O–H groups in total. The van der Waals surface area contributed by atoms with Crippen LogP contribution in [0.5, 0.6) is 0 Å². The Labute approximate surface area is 116 Å². The minimum absolute atomic E-state index is 0.352. The van der Waals surface area contributed by atoms with Crippen LogP contribution in [-0.4, -0.2) is 34.2 Å². The Morgan fingerprint density at radius 3 is 1.95 bits per heavy atom. The second-order valence-electron chi connectivity index (χ2n) is 6.98. The fourth-order valence-corrected chi connectivity index (χ4v) is 5.44. The van der Waals surface area contributed by atoms with Crippen LogP contribution in [0.2, 0.25) is 25.7 Å². The van der Waals surface area contributed by atoms with Crippen molar-refractivity contribution in [2.45, 2.75) is 45.5 Å². The molecule has 2 atom stereocenters. The van der Waals surface area contributed by atoms with E-state index in [2.05, 4.69) is 26.6 Å². The van der Waals surface area contributed by atoms with E-state index in [4.69, 9.17) is 9.47 Å². The zero-order chi connectivity index (χ0) is 14.8. The van der Waals surface area contributed by atoms with Crippen LogP contribution in [0.15, 0.2) is 0 Å². The van der Waals surface area contributed by atoms with Crippen molar-refractivity contribution in [1.82, 2.24) is 0 Å². The van der Waals surface area contributed by atoms with E-state index in [1.165, 1.54) is 14.2 Å². The van der Waals surface area contributed by atoms with Gasteiger partial charge in [0, 0.05) is 8.07 Å². The van der Waals surface area contributed by atoms with Gasteiger partial charge in [0.2, 0.25) is 0 Å². The summed E-state index contributed by atoms with van der Waals surface area (Å²) in [6.07, 6.45) is 1.11. The molecule has 1 aliphatic rings. The Morgan fingerprint density at radius 1 is 1.11 bits per heavy atom. The highest BCUT2D eigenvalue weighted by atomic mass is 28.3. The SMILES string of the molecule is COC(=O)C1(C(=O)OC)CC(C)C(C[Si](C)(C)C)C1. The van der Waals surface area contributed by atoms with Gasteiger partial charge in [0.15, 0.2) is 5.41 Å². The summed E-state index contributed by atoms with van der Waals surface area (Å²) in [7, 11) is 1.45. The Hall–Kier alpha value is -0.843. The molecule has 1 saturated carbocycles. The van der Waals surface area contributed by atoms with Crippen LogP contribution in [0.4, 0.5) is 0 Å². The predicted molar refractivity (Wildman–Crippen MR) is 76.5 cm³/mol. The maximum Gasteiger partial charge on any atom is 0.323 e. The number of ether oxygens (including phenoxy) is 2. The molecule has 0 radical (unpaired) electrons. The zero-order valence-corrected chi connectivity index (χ0v) is 13.9. The Balaban J connectivity index is 2.98. The van der Waals surface area contributed by atoms with Crippen LogP contribution in [0.25, 0.3) is 0 Å². The van der Waals surface area contributed by atoms with Crippen LogP contribution in [0.3, 0.4) is 0 Å². The standard InChI is InChI=1S/C14H26O4Si/c1-10-7-14(12(15)17-2,13(16)18-3)8-11(10)9-19(4,5)6/h10-11H,7-9H2,1-6H3. The summed E-state index contributed by atoms with van der Waals surface area (Å²) >= 11 is 0. The molecule has 0 aromatic heterocycles. The summed E-state index contributed by atoms with van der Waals surface area (Å²) in [5.41, 5.74) is -1.08. The molecule has 4 nitrogen and oxygen atoms in total. The summed E-state index contributed by atoms with van der Waals surface area (Å²) in [6.45, 7) is 9.07. The van der Waals surface area contributed by atoms with Crippen molar-refractivity contribution in [1.29, 1.82) is 0 Å². The second kappa shape index (κ2) is 5.65. The van der Waals surface area contributed by atoms with Gasteiger partial charge in [-0.05, 0) is 24.7 Å². The molecule has 0 aromatic carbocycles. The molecule has 1 rings (SSSR count). The average Bonchev–Trinajstić information content (AvgIpc) is 2.63. The van der Waals surface area contributed by atoms with Gasteiger partial charge in [-0.3, -0.25) is 9.59 Å². The molecule has 5 heteroatoms. The first-order valence-electron chi connectivity index (χ1n) is 6.83. The maximum atomic E-state index is 12.1. The van der Waals surface area contributed by atoms with Crippen LogP contribution in [-0.2, 0) is 19.1 Å². The van der Waals surface area contributed by atoms with Crippen LogP contribution < -0.4 is 0 Å². The van der Waals surface area contributed by atoms with Crippen molar-refractivity contribution >= 4 is 20.0 Å². The fraction of sp³-hybridized carbons (Fsp3) is 0.857. The van der Waals surface area contributed by atoms with Crippen molar-refractivity contribution in [3.8, 4) is 0 Å². The minimum Gasteiger partial charge on any atom is -0.468 e. The third-order valence-electron chi connectivity index (χ3n) is 4.11. The molecule has 110 valence electrons. The largest absolute Gasteiger partial charge is 0.468 e. The van der Waals surface area contributed by atoms with Crippen molar-refractivity contribution in [3.63, 3.8) is 0 Å². The van der Waals surface area contributed by atoms with Gasteiger partial charge in [0.1, 0.15) is 0 Å². The Bertz CT molecular complexity index is 343. The molecule has 0 amide bonds. The molecule has 0 heterocycles. The lowest BCUT2D eigenvalue weighted by Gasteiger charge is -2.25. The van der Waals surface area contributed by atoms with E-state index in [9.17, 15) is 9.59 Å². The average molecular weight is 286 g/mol. The monoisotopic (exact) mass is 286 g/mol. The number of hydrogen-bond acceptors (Lipinski definition) is 4. The van der Waals surface area contributed by atoms with Crippen molar-refractivity contribution in [2.24, 2.45) is 17.3 Å². The van der Waals surface area contributed by atoms with E-state index in [-0.39, 0.29) is 0 Å². The summed E-state index contributed by atoms with van der Waals surface area (Å²) in [5, 5.41) is 0. The quantitative estimate of drug-likeness (QED) is 0.453. The highest BCUT2D eigenvalue weighted by Gasteiger charge is 2.56. The summed E-state index contributed by atoms with van der Waals surface area (Å²) in [4.78, 5) is 24.2. The number of hydrogen-bond donors (Lipinski definition) is 0. The van der Waals surface area contributed by atoms with Gasteiger partial charge >= 0.3 is 11.9 Å². The fourth-order valence-electron chi connectivity index (χ4n) is 3.32. The lowest BCUT2D eigenvalue weighted by molar-refractivity contribution is -0.169. The zero-order valence-electron chi connectivity index (χ0n) is 12.9. The first-order chi connectivity index (χ1) is 8.66. The van der Waals surface area contributed by atoms with Gasteiger partial charge < -0.3 is 9.47 Å². The molecule has 0 spiro atoms. The Morgan fingerprint density at radius 2 is 1.58 bits per heavy atom. The number of carbonyl (C=O) groups excluding carboxylic acids is 2. The number of esters is 2. The molecular formula is C14H26O4Si. The Kier molecular flexibility index (Phi) is 4.82. The molecule has 2 unspecified atom stereocenters. The molecular weight excluding hydrogens is 260 g/mol. The van der Waals surface area contributed by atoms with Crippen LogP contribution >= 0.6 is 0 Å². The highest BCUT2D eigenvalue weighted by molar-refractivity contribution is 6.76. The van der Waals surface area contributed by atoms with E-state index < -0.39 is 25.4 Å². The molecule has 0 aromatic rings. The molecule has 0 aliphatic heterocycles. The lowest BCUT2D eigenvalue weighted by Crippen LogP contribution is -2.39. The van der Waals surface area contributed by atoms with E-state index in [0.717, 1.165) is 6.04 Å². The predicted octanol–water partition coefficient (Wildman–Crippen LogP) is 2.70. The number of rotatable bonds is 4. The topological polar surface area (TPSA) is 52.6 Å². The third kappa shape index (κ3) is 3.38. The van der Waals surface area contributed by atoms with Gasteiger partial charge in [-0.15, -0.1) is 0 Å². The maximum absolute atomic E-state index is 12.1. The molecule has 0 saturated heterocycles. The van der Waals surface area contributed by atoms with Gasteiger partial charge in [-0.1, -0.05) is 32.6 Å². The third-order valence-corrected chi connectivity index (χ3v) is 5.86.